The van der Waals surface area contributed by atoms with Gasteiger partial charge in [0.2, 0.25) is 0 Å². The van der Waals surface area contributed by atoms with E-state index >= 15 is 0 Å². The Kier molecular flexibility index (Phi) is 5.53. The molecule has 0 aliphatic heterocycles. The summed E-state index contributed by atoms with van der Waals surface area (Å²) in [5, 5.41) is 0. The van der Waals surface area contributed by atoms with Gasteiger partial charge < -0.3 is 4.74 Å². The van der Waals surface area contributed by atoms with E-state index in [0.717, 1.165) is 31.9 Å². The maximum absolute atomic E-state index is 5.19. The summed E-state index contributed by atoms with van der Waals surface area (Å²) in [6, 6.07) is 16.5. The second-order valence-electron chi connectivity index (χ2n) is 4.51. The smallest absolute Gasteiger partial charge is 0.0589 e. The van der Waals surface area contributed by atoms with Crippen molar-refractivity contribution in [3.05, 3.63) is 66.0 Å². The first-order valence-electron chi connectivity index (χ1n) is 6.53. The number of pyridine rings is 1. The summed E-state index contributed by atoms with van der Waals surface area (Å²) in [4.78, 5) is 6.73. The van der Waals surface area contributed by atoms with Gasteiger partial charge in [0.25, 0.3) is 0 Å². The van der Waals surface area contributed by atoms with Crippen LogP contribution < -0.4 is 0 Å². The number of ether oxygens (including phenoxy) is 1. The molecular formula is C16H20N2O. The van der Waals surface area contributed by atoms with Crippen molar-refractivity contribution in [2.45, 2.75) is 13.1 Å². The van der Waals surface area contributed by atoms with Gasteiger partial charge in [-0.15, -0.1) is 0 Å². The number of nitrogens with zero attached hydrogens (tertiary/aromatic N) is 2. The summed E-state index contributed by atoms with van der Waals surface area (Å²) in [6.07, 6.45) is 1.84. The zero-order valence-electron chi connectivity index (χ0n) is 11.3. The van der Waals surface area contributed by atoms with Crippen LogP contribution in [-0.2, 0) is 17.8 Å². The van der Waals surface area contributed by atoms with Crippen LogP contribution in [0.4, 0.5) is 0 Å². The average Bonchev–Trinajstić information content (AvgIpc) is 2.47. The van der Waals surface area contributed by atoms with Crippen molar-refractivity contribution in [2.24, 2.45) is 0 Å². The van der Waals surface area contributed by atoms with Gasteiger partial charge in [0.15, 0.2) is 0 Å². The summed E-state index contributed by atoms with van der Waals surface area (Å²) < 4.78 is 5.19. The molecule has 0 aliphatic carbocycles. The van der Waals surface area contributed by atoms with Gasteiger partial charge in [-0.25, -0.2) is 0 Å². The Morgan fingerprint density at radius 3 is 2.47 bits per heavy atom. The second kappa shape index (κ2) is 7.67. The maximum atomic E-state index is 5.19. The molecule has 3 nitrogen and oxygen atoms in total. The number of hydrogen-bond donors (Lipinski definition) is 0. The molecule has 0 N–H and O–H groups in total. The minimum absolute atomic E-state index is 0.736. The van der Waals surface area contributed by atoms with Crippen LogP contribution in [0, 0.1) is 0 Å². The molecule has 0 atom stereocenters. The third-order valence-corrected chi connectivity index (χ3v) is 2.97. The molecule has 0 aliphatic rings. The van der Waals surface area contributed by atoms with Crippen LogP contribution in [-0.4, -0.2) is 30.1 Å². The van der Waals surface area contributed by atoms with Crippen molar-refractivity contribution in [1.29, 1.82) is 0 Å². The van der Waals surface area contributed by atoms with Crippen molar-refractivity contribution in [3.63, 3.8) is 0 Å². The van der Waals surface area contributed by atoms with Gasteiger partial charge in [0.1, 0.15) is 0 Å². The number of methoxy groups -OCH3 is 1. The highest BCUT2D eigenvalue weighted by Gasteiger charge is 2.07. The van der Waals surface area contributed by atoms with E-state index in [-0.39, 0.29) is 0 Å². The van der Waals surface area contributed by atoms with Crippen molar-refractivity contribution >= 4 is 0 Å². The number of aromatic nitrogens is 1. The molecule has 2 rings (SSSR count). The minimum atomic E-state index is 0.736. The van der Waals surface area contributed by atoms with Crippen LogP contribution in [0.1, 0.15) is 11.3 Å². The van der Waals surface area contributed by atoms with E-state index < -0.39 is 0 Å². The number of benzene rings is 1. The van der Waals surface area contributed by atoms with Gasteiger partial charge in [-0.2, -0.15) is 0 Å². The fourth-order valence-corrected chi connectivity index (χ4v) is 2.00. The molecule has 2 aromatic rings. The van der Waals surface area contributed by atoms with E-state index in [1.807, 2.05) is 24.4 Å². The molecule has 3 heteroatoms. The van der Waals surface area contributed by atoms with Crippen LogP contribution in [0.15, 0.2) is 54.7 Å². The van der Waals surface area contributed by atoms with E-state index in [1.54, 1.807) is 7.11 Å². The van der Waals surface area contributed by atoms with Crippen molar-refractivity contribution in [3.8, 4) is 0 Å². The Bertz CT molecular complexity index is 417. The molecule has 0 fully saturated rings. The summed E-state index contributed by atoms with van der Waals surface area (Å²) in [5.74, 6) is 0. The lowest BCUT2D eigenvalue weighted by molar-refractivity contribution is 0.139. The highest BCUT2D eigenvalue weighted by Crippen LogP contribution is 2.08. The Labute approximate surface area is 114 Å². The fraction of sp³-hybridized carbons (Fsp3) is 0.312. The Balaban J connectivity index is 1.99. The lowest BCUT2D eigenvalue weighted by Crippen LogP contribution is -2.27. The third-order valence-electron chi connectivity index (χ3n) is 2.97. The first-order valence-corrected chi connectivity index (χ1v) is 6.53. The summed E-state index contributed by atoms with van der Waals surface area (Å²) in [5.41, 5.74) is 2.41. The first-order chi connectivity index (χ1) is 9.38. The first kappa shape index (κ1) is 13.7. The second-order valence-corrected chi connectivity index (χ2v) is 4.51. The maximum Gasteiger partial charge on any atom is 0.0589 e. The molecule has 0 saturated carbocycles. The molecular weight excluding hydrogens is 236 g/mol. The third kappa shape index (κ3) is 4.81. The molecule has 0 bridgehead atoms. The van der Waals surface area contributed by atoms with E-state index in [4.69, 9.17) is 4.74 Å². The van der Waals surface area contributed by atoms with Gasteiger partial charge >= 0.3 is 0 Å². The van der Waals surface area contributed by atoms with Gasteiger partial charge in [0, 0.05) is 32.9 Å². The molecule has 0 radical (unpaired) electrons. The molecule has 100 valence electrons. The summed E-state index contributed by atoms with van der Waals surface area (Å²) in [7, 11) is 1.74. The van der Waals surface area contributed by atoms with Crippen molar-refractivity contribution in [1.82, 2.24) is 9.88 Å². The molecule has 1 aromatic heterocycles. The molecule has 1 aromatic carbocycles. The normalized spacial score (nSPS) is 10.8. The molecule has 0 unspecified atom stereocenters. The topological polar surface area (TPSA) is 25.4 Å². The predicted molar refractivity (Wildman–Crippen MR) is 76.7 cm³/mol. The Hall–Kier alpha value is -1.71. The number of rotatable bonds is 7. The molecule has 0 saturated heterocycles. The fourth-order valence-electron chi connectivity index (χ4n) is 2.00. The lowest BCUT2D eigenvalue weighted by atomic mass is 10.2. The highest BCUT2D eigenvalue weighted by molar-refractivity contribution is 5.14. The van der Waals surface area contributed by atoms with Crippen LogP contribution >= 0.6 is 0 Å². The Morgan fingerprint density at radius 2 is 1.79 bits per heavy atom. The number of hydrogen-bond acceptors (Lipinski definition) is 3. The molecule has 0 spiro atoms. The van der Waals surface area contributed by atoms with Crippen molar-refractivity contribution in [2.75, 3.05) is 20.3 Å². The summed E-state index contributed by atoms with van der Waals surface area (Å²) in [6.45, 7) is 3.40. The Morgan fingerprint density at radius 1 is 1.00 bits per heavy atom. The van der Waals surface area contributed by atoms with E-state index in [2.05, 4.69) is 40.2 Å². The van der Waals surface area contributed by atoms with Crippen LogP contribution in [0.5, 0.6) is 0 Å². The predicted octanol–water partition coefficient (Wildman–Crippen LogP) is 2.73. The van der Waals surface area contributed by atoms with Gasteiger partial charge in [0.05, 0.1) is 12.3 Å². The van der Waals surface area contributed by atoms with Crippen LogP contribution in [0.2, 0.25) is 0 Å². The van der Waals surface area contributed by atoms with Crippen molar-refractivity contribution < 1.29 is 4.74 Å². The largest absolute Gasteiger partial charge is 0.383 e. The van der Waals surface area contributed by atoms with Gasteiger partial charge in [-0.1, -0.05) is 36.4 Å². The van der Waals surface area contributed by atoms with Gasteiger partial charge in [-0.3, -0.25) is 9.88 Å². The van der Waals surface area contributed by atoms with E-state index in [9.17, 15) is 0 Å². The average molecular weight is 256 g/mol. The zero-order valence-corrected chi connectivity index (χ0v) is 11.3. The summed E-state index contributed by atoms with van der Waals surface area (Å²) >= 11 is 0. The SMILES string of the molecule is COCCN(Cc1ccccc1)Cc1ccccn1. The molecule has 0 amide bonds. The highest BCUT2D eigenvalue weighted by atomic mass is 16.5. The monoisotopic (exact) mass is 256 g/mol. The molecule has 1 heterocycles. The standard InChI is InChI=1S/C16H20N2O/c1-19-12-11-18(13-15-7-3-2-4-8-15)14-16-9-5-6-10-17-16/h2-10H,11-14H2,1H3. The zero-order chi connectivity index (χ0) is 13.3. The lowest BCUT2D eigenvalue weighted by Gasteiger charge is -2.21. The molecule has 19 heavy (non-hydrogen) atoms. The van der Waals surface area contributed by atoms with E-state index in [0.29, 0.717) is 0 Å². The van der Waals surface area contributed by atoms with Crippen LogP contribution in [0.25, 0.3) is 0 Å². The minimum Gasteiger partial charge on any atom is -0.383 e. The quantitative estimate of drug-likeness (QED) is 0.761. The van der Waals surface area contributed by atoms with Gasteiger partial charge in [-0.05, 0) is 17.7 Å². The van der Waals surface area contributed by atoms with E-state index in [1.165, 1.54) is 5.56 Å². The van der Waals surface area contributed by atoms with Crippen LogP contribution in [0.3, 0.4) is 0 Å².